The van der Waals surface area contributed by atoms with Crippen LogP contribution in [0.2, 0.25) is 5.02 Å². The molecule has 1 saturated carbocycles. The van der Waals surface area contributed by atoms with Gasteiger partial charge in [-0.1, -0.05) is 11.6 Å². The topological polar surface area (TPSA) is 67.2 Å². The number of nitrogens with zero attached hydrogens (tertiary/aromatic N) is 1. The average Bonchev–Trinajstić information content (AvgIpc) is 3.06. The zero-order valence-corrected chi connectivity index (χ0v) is 11.3. The first-order valence-electron chi connectivity index (χ1n) is 5.36. The normalized spacial score (nSPS) is 26.6. The van der Waals surface area contributed by atoms with Crippen LogP contribution in [0.4, 0.5) is 0 Å². The molecule has 0 aliphatic heterocycles. The van der Waals surface area contributed by atoms with Crippen molar-refractivity contribution in [1.29, 1.82) is 5.26 Å². The summed E-state index contributed by atoms with van der Waals surface area (Å²) in [6.45, 7) is 0.140. The van der Waals surface area contributed by atoms with E-state index in [9.17, 15) is 8.42 Å². The van der Waals surface area contributed by atoms with Gasteiger partial charge in [0.25, 0.3) is 0 Å². The zero-order valence-electron chi connectivity index (χ0n) is 9.76. The third-order valence-electron chi connectivity index (χ3n) is 3.15. The predicted octanol–water partition coefficient (Wildman–Crippen LogP) is 2.04. The van der Waals surface area contributed by atoms with Crippen molar-refractivity contribution in [2.45, 2.75) is 16.6 Å². The molecule has 6 heteroatoms. The highest BCUT2D eigenvalue weighted by Crippen LogP contribution is 2.52. The average molecular weight is 286 g/mol. The number of sulfone groups is 1. The summed E-state index contributed by atoms with van der Waals surface area (Å²) in [6, 6.07) is 8.04. The number of hydrogen-bond acceptors (Lipinski definition) is 4. The molecule has 0 heterocycles. The van der Waals surface area contributed by atoms with Gasteiger partial charge in [0.1, 0.15) is 0 Å². The second-order valence-electron chi connectivity index (χ2n) is 4.39. The summed E-state index contributed by atoms with van der Waals surface area (Å²) in [6.07, 6.45) is 0.322. The molecule has 1 aliphatic carbocycles. The number of methoxy groups -OCH3 is 1. The summed E-state index contributed by atoms with van der Waals surface area (Å²) >= 11 is 5.72. The Morgan fingerprint density at radius 2 is 2.11 bits per heavy atom. The van der Waals surface area contributed by atoms with Crippen LogP contribution in [0.3, 0.4) is 0 Å². The second kappa shape index (κ2) is 4.54. The number of rotatable bonds is 4. The smallest absolute Gasteiger partial charge is 0.182 e. The van der Waals surface area contributed by atoms with Gasteiger partial charge >= 0.3 is 0 Å². The number of benzene rings is 1. The molecular weight excluding hydrogens is 274 g/mol. The van der Waals surface area contributed by atoms with Crippen LogP contribution in [0.1, 0.15) is 6.42 Å². The third-order valence-corrected chi connectivity index (χ3v) is 5.70. The molecule has 96 valence electrons. The van der Waals surface area contributed by atoms with E-state index in [2.05, 4.69) is 6.07 Å². The fraction of sp³-hybridized carbons (Fsp3) is 0.417. The fourth-order valence-electron chi connectivity index (χ4n) is 2.03. The molecule has 2 rings (SSSR count). The molecule has 0 unspecified atom stereocenters. The van der Waals surface area contributed by atoms with Crippen LogP contribution in [-0.4, -0.2) is 27.4 Å². The van der Waals surface area contributed by atoms with E-state index in [0.717, 1.165) is 0 Å². The van der Waals surface area contributed by atoms with Crippen LogP contribution in [0.25, 0.3) is 0 Å². The van der Waals surface area contributed by atoms with Crippen LogP contribution in [0.15, 0.2) is 29.2 Å². The molecule has 0 radical (unpaired) electrons. The van der Waals surface area contributed by atoms with Gasteiger partial charge in [0.15, 0.2) is 9.84 Å². The Morgan fingerprint density at radius 1 is 1.50 bits per heavy atom. The van der Waals surface area contributed by atoms with Gasteiger partial charge in [-0.2, -0.15) is 5.26 Å². The zero-order chi connectivity index (χ0) is 13.4. The lowest BCUT2D eigenvalue weighted by Gasteiger charge is -2.08. The van der Waals surface area contributed by atoms with Crippen molar-refractivity contribution in [3.63, 3.8) is 0 Å². The van der Waals surface area contributed by atoms with E-state index in [1.54, 1.807) is 0 Å². The van der Waals surface area contributed by atoms with E-state index in [1.165, 1.54) is 31.4 Å². The van der Waals surface area contributed by atoms with Crippen molar-refractivity contribution in [3.8, 4) is 6.07 Å². The molecule has 2 atom stereocenters. The summed E-state index contributed by atoms with van der Waals surface area (Å²) in [5.41, 5.74) is -0.896. The minimum absolute atomic E-state index is 0.140. The number of nitriles is 1. The van der Waals surface area contributed by atoms with E-state index in [-0.39, 0.29) is 11.5 Å². The standard InChI is InChI=1S/C12H12ClNO3S/c1-17-8-12(7-14)6-11(12)18(15,16)10-4-2-9(13)3-5-10/h2-5,11H,6,8H2,1H3/t11-,12+/m1/s1. The largest absolute Gasteiger partial charge is 0.383 e. The van der Waals surface area contributed by atoms with E-state index < -0.39 is 20.5 Å². The lowest BCUT2D eigenvalue weighted by atomic mass is 10.1. The van der Waals surface area contributed by atoms with Gasteiger partial charge in [0.05, 0.1) is 28.2 Å². The summed E-state index contributed by atoms with van der Waals surface area (Å²) in [5.74, 6) is 0. The van der Waals surface area contributed by atoms with Crippen molar-refractivity contribution in [1.82, 2.24) is 0 Å². The van der Waals surface area contributed by atoms with Gasteiger partial charge in [0.2, 0.25) is 0 Å². The van der Waals surface area contributed by atoms with E-state index in [0.29, 0.717) is 11.4 Å². The van der Waals surface area contributed by atoms with Crippen molar-refractivity contribution >= 4 is 21.4 Å². The summed E-state index contributed by atoms with van der Waals surface area (Å²) in [4.78, 5) is 0.199. The van der Waals surface area contributed by atoms with Crippen LogP contribution in [0.5, 0.6) is 0 Å². The van der Waals surface area contributed by atoms with Crippen LogP contribution in [-0.2, 0) is 14.6 Å². The lowest BCUT2D eigenvalue weighted by Crippen LogP contribution is -2.19. The lowest BCUT2D eigenvalue weighted by molar-refractivity contribution is 0.164. The molecule has 1 aromatic carbocycles. The molecule has 0 saturated heterocycles. The van der Waals surface area contributed by atoms with Gasteiger partial charge in [0, 0.05) is 12.1 Å². The fourth-order valence-corrected chi connectivity index (χ4v) is 4.23. The molecule has 0 aromatic heterocycles. The van der Waals surface area contributed by atoms with Gasteiger partial charge in [-0.15, -0.1) is 0 Å². The van der Waals surface area contributed by atoms with Gasteiger partial charge in [-0.3, -0.25) is 0 Å². The molecular formula is C12H12ClNO3S. The highest BCUT2D eigenvalue weighted by Gasteiger charge is 2.62. The maximum Gasteiger partial charge on any atom is 0.182 e. The van der Waals surface area contributed by atoms with E-state index >= 15 is 0 Å². The molecule has 4 nitrogen and oxygen atoms in total. The predicted molar refractivity (Wildman–Crippen MR) is 67.0 cm³/mol. The molecule has 1 fully saturated rings. The Hall–Kier alpha value is -1.09. The SMILES string of the molecule is COC[C@@]1(C#N)C[C@H]1S(=O)(=O)c1ccc(Cl)cc1. The molecule has 1 aliphatic rings. The molecule has 0 spiro atoms. The van der Waals surface area contributed by atoms with Crippen LogP contribution in [0, 0.1) is 16.7 Å². The Morgan fingerprint density at radius 3 is 2.61 bits per heavy atom. The molecule has 0 N–H and O–H groups in total. The third kappa shape index (κ3) is 2.12. The summed E-state index contributed by atoms with van der Waals surface area (Å²) < 4.78 is 29.5. The maximum atomic E-state index is 12.3. The van der Waals surface area contributed by atoms with Gasteiger partial charge in [-0.25, -0.2) is 8.42 Å². The van der Waals surface area contributed by atoms with Crippen molar-refractivity contribution in [2.75, 3.05) is 13.7 Å². The van der Waals surface area contributed by atoms with Gasteiger partial charge in [-0.05, 0) is 30.7 Å². The minimum Gasteiger partial charge on any atom is -0.383 e. The monoisotopic (exact) mass is 285 g/mol. The second-order valence-corrected chi connectivity index (χ2v) is 6.96. The first-order chi connectivity index (χ1) is 8.46. The van der Waals surface area contributed by atoms with E-state index in [4.69, 9.17) is 21.6 Å². The Kier molecular flexibility index (Phi) is 3.37. The molecule has 1 aromatic rings. The number of ether oxygens (including phenoxy) is 1. The minimum atomic E-state index is -3.49. The Bertz CT molecular complexity index is 591. The number of halogens is 1. The maximum absolute atomic E-state index is 12.3. The highest BCUT2D eigenvalue weighted by molar-refractivity contribution is 7.92. The first-order valence-corrected chi connectivity index (χ1v) is 7.28. The van der Waals surface area contributed by atoms with Crippen LogP contribution >= 0.6 is 11.6 Å². The van der Waals surface area contributed by atoms with Crippen molar-refractivity contribution in [3.05, 3.63) is 29.3 Å². The van der Waals surface area contributed by atoms with E-state index in [1.807, 2.05) is 0 Å². The number of hydrogen-bond donors (Lipinski definition) is 0. The molecule has 18 heavy (non-hydrogen) atoms. The van der Waals surface area contributed by atoms with Crippen molar-refractivity contribution < 1.29 is 13.2 Å². The van der Waals surface area contributed by atoms with Crippen LogP contribution < -0.4 is 0 Å². The molecule has 0 amide bonds. The quantitative estimate of drug-likeness (QED) is 0.849. The Balaban J connectivity index is 2.30. The Labute approximate surface area is 111 Å². The summed E-state index contributed by atoms with van der Waals surface area (Å²) in [5, 5.41) is 8.89. The summed E-state index contributed by atoms with van der Waals surface area (Å²) in [7, 11) is -2.02. The first kappa shape index (κ1) is 13.3. The highest BCUT2D eigenvalue weighted by atomic mass is 35.5. The van der Waals surface area contributed by atoms with Gasteiger partial charge < -0.3 is 4.74 Å². The molecule has 0 bridgehead atoms. The van der Waals surface area contributed by atoms with Crippen molar-refractivity contribution in [2.24, 2.45) is 5.41 Å².